The van der Waals surface area contributed by atoms with Crippen LogP contribution in [0.4, 0.5) is 20.2 Å². The van der Waals surface area contributed by atoms with Crippen LogP contribution in [-0.2, 0) is 6.54 Å². The molecule has 2 aromatic rings. The topological polar surface area (TPSA) is 55.2 Å². The first kappa shape index (κ1) is 14.4. The van der Waals surface area contributed by atoms with Crippen molar-refractivity contribution in [2.24, 2.45) is 0 Å². The Morgan fingerprint density at radius 1 is 1.20 bits per heavy atom. The van der Waals surface area contributed by atoms with E-state index in [9.17, 15) is 18.9 Å². The van der Waals surface area contributed by atoms with Crippen LogP contribution in [0, 0.1) is 21.7 Å². The number of rotatable bonds is 4. The van der Waals surface area contributed by atoms with E-state index in [2.05, 4.69) is 21.2 Å². The highest BCUT2D eigenvalue weighted by molar-refractivity contribution is 9.10. The number of nitro groups is 1. The molecule has 7 heteroatoms. The third-order valence-corrected chi connectivity index (χ3v) is 3.28. The Labute approximate surface area is 121 Å². The number of hydrogen-bond acceptors (Lipinski definition) is 3. The van der Waals surface area contributed by atoms with Crippen LogP contribution < -0.4 is 5.32 Å². The lowest BCUT2D eigenvalue weighted by molar-refractivity contribution is -0.385. The standard InChI is InChI=1S/C13H9BrF2N2O2/c14-9-5-12(11(16)6-10(9)15)17-7-8-3-1-2-4-13(8)18(19)20/h1-6,17H,7H2. The number of benzene rings is 2. The average molecular weight is 343 g/mol. The largest absolute Gasteiger partial charge is 0.378 e. The lowest BCUT2D eigenvalue weighted by Crippen LogP contribution is -2.04. The first-order valence-corrected chi connectivity index (χ1v) is 6.39. The third kappa shape index (κ3) is 3.11. The molecule has 0 saturated heterocycles. The van der Waals surface area contributed by atoms with Crippen LogP contribution in [0.5, 0.6) is 0 Å². The molecular formula is C13H9BrF2N2O2. The van der Waals surface area contributed by atoms with E-state index in [4.69, 9.17) is 0 Å². The zero-order chi connectivity index (χ0) is 14.7. The van der Waals surface area contributed by atoms with Gasteiger partial charge in [0.05, 0.1) is 15.1 Å². The van der Waals surface area contributed by atoms with Crippen molar-refractivity contribution < 1.29 is 13.7 Å². The van der Waals surface area contributed by atoms with Crippen LogP contribution >= 0.6 is 15.9 Å². The molecule has 104 valence electrons. The normalized spacial score (nSPS) is 10.3. The molecular weight excluding hydrogens is 334 g/mol. The van der Waals surface area contributed by atoms with Gasteiger partial charge in [-0.3, -0.25) is 10.1 Å². The smallest absolute Gasteiger partial charge is 0.274 e. The number of nitrogens with zero attached hydrogens (tertiary/aromatic N) is 1. The second-order valence-corrected chi connectivity index (χ2v) is 4.84. The minimum Gasteiger partial charge on any atom is -0.378 e. The maximum absolute atomic E-state index is 13.5. The summed E-state index contributed by atoms with van der Waals surface area (Å²) >= 11 is 2.95. The predicted octanol–water partition coefficient (Wildman–Crippen LogP) is 4.25. The number of hydrogen-bond donors (Lipinski definition) is 1. The van der Waals surface area contributed by atoms with Gasteiger partial charge in [-0.25, -0.2) is 8.78 Å². The molecule has 0 bridgehead atoms. The Kier molecular flexibility index (Phi) is 4.29. The maximum atomic E-state index is 13.5. The van der Waals surface area contributed by atoms with Crippen molar-refractivity contribution in [2.75, 3.05) is 5.32 Å². The molecule has 0 aliphatic heterocycles. The Morgan fingerprint density at radius 3 is 2.60 bits per heavy atom. The van der Waals surface area contributed by atoms with Crippen LogP contribution in [-0.4, -0.2) is 4.92 Å². The number of anilines is 1. The van der Waals surface area contributed by atoms with E-state index < -0.39 is 16.6 Å². The summed E-state index contributed by atoms with van der Waals surface area (Å²) in [6, 6.07) is 8.14. The van der Waals surface area contributed by atoms with Crippen molar-refractivity contribution in [3.8, 4) is 0 Å². The maximum Gasteiger partial charge on any atom is 0.274 e. The zero-order valence-corrected chi connectivity index (χ0v) is 11.7. The second kappa shape index (κ2) is 5.96. The number of nitrogens with one attached hydrogen (secondary N) is 1. The van der Waals surface area contributed by atoms with E-state index in [0.717, 1.165) is 6.07 Å². The minimum atomic E-state index is -0.760. The monoisotopic (exact) mass is 342 g/mol. The molecule has 0 unspecified atom stereocenters. The van der Waals surface area contributed by atoms with Gasteiger partial charge in [-0.05, 0) is 22.0 Å². The van der Waals surface area contributed by atoms with Crippen LogP contribution in [0.2, 0.25) is 0 Å². The number of nitro benzene ring substituents is 1. The molecule has 2 aromatic carbocycles. The molecule has 2 rings (SSSR count). The fraction of sp³-hybridized carbons (Fsp3) is 0.0769. The molecule has 1 N–H and O–H groups in total. The van der Waals surface area contributed by atoms with Gasteiger partial charge in [-0.2, -0.15) is 0 Å². The highest BCUT2D eigenvalue weighted by Crippen LogP contribution is 2.25. The SMILES string of the molecule is O=[N+]([O-])c1ccccc1CNc1cc(Br)c(F)cc1F. The summed E-state index contributed by atoms with van der Waals surface area (Å²) in [5.74, 6) is -1.47. The molecule has 0 radical (unpaired) electrons. The quantitative estimate of drug-likeness (QED) is 0.513. The van der Waals surface area contributed by atoms with Gasteiger partial charge in [0.15, 0.2) is 0 Å². The summed E-state index contributed by atoms with van der Waals surface area (Å²) in [6.45, 7) is 0.0617. The molecule has 0 atom stereocenters. The van der Waals surface area contributed by atoms with Crippen molar-refractivity contribution in [3.05, 3.63) is 68.2 Å². The third-order valence-electron chi connectivity index (χ3n) is 2.67. The predicted molar refractivity (Wildman–Crippen MR) is 74.5 cm³/mol. The molecule has 0 fully saturated rings. The fourth-order valence-corrected chi connectivity index (χ4v) is 2.03. The fourth-order valence-electron chi connectivity index (χ4n) is 1.69. The molecule has 0 heterocycles. The lowest BCUT2D eigenvalue weighted by atomic mass is 10.1. The van der Waals surface area contributed by atoms with Gasteiger partial charge in [-0.15, -0.1) is 0 Å². The van der Waals surface area contributed by atoms with Gasteiger partial charge in [0.2, 0.25) is 0 Å². The van der Waals surface area contributed by atoms with E-state index in [-0.39, 0.29) is 22.4 Å². The van der Waals surface area contributed by atoms with Gasteiger partial charge in [0.1, 0.15) is 11.6 Å². The Hall–Kier alpha value is -2.02. The highest BCUT2D eigenvalue weighted by Gasteiger charge is 2.13. The minimum absolute atomic E-state index is 0.0541. The Bertz CT molecular complexity index is 665. The zero-order valence-electron chi connectivity index (χ0n) is 10.1. The summed E-state index contributed by atoms with van der Waals surface area (Å²) in [4.78, 5) is 10.3. The molecule has 0 amide bonds. The first-order valence-electron chi connectivity index (χ1n) is 5.59. The molecule has 20 heavy (non-hydrogen) atoms. The van der Waals surface area contributed by atoms with E-state index in [1.807, 2.05) is 0 Å². The van der Waals surface area contributed by atoms with Crippen LogP contribution in [0.3, 0.4) is 0 Å². The summed E-state index contributed by atoms with van der Waals surface area (Å²) < 4.78 is 26.7. The molecule has 0 aromatic heterocycles. The van der Waals surface area contributed by atoms with Crippen LogP contribution in [0.1, 0.15) is 5.56 Å². The van der Waals surface area contributed by atoms with Gasteiger partial charge in [-0.1, -0.05) is 18.2 Å². The van der Waals surface area contributed by atoms with Gasteiger partial charge in [0, 0.05) is 24.2 Å². The first-order chi connectivity index (χ1) is 9.49. The van der Waals surface area contributed by atoms with Crippen molar-refractivity contribution in [1.29, 1.82) is 0 Å². The van der Waals surface area contributed by atoms with Crippen molar-refractivity contribution in [2.45, 2.75) is 6.54 Å². The number of halogens is 3. The van der Waals surface area contributed by atoms with E-state index in [1.165, 1.54) is 12.1 Å². The van der Waals surface area contributed by atoms with Gasteiger partial charge < -0.3 is 5.32 Å². The lowest BCUT2D eigenvalue weighted by Gasteiger charge is -2.09. The summed E-state index contributed by atoms with van der Waals surface area (Å²) in [5.41, 5.74) is 0.426. The summed E-state index contributed by atoms with van der Waals surface area (Å²) in [6.07, 6.45) is 0. The molecule has 0 spiro atoms. The van der Waals surface area contributed by atoms with Gasteiger partial charge in [0.25, 0.3) is 5.69 Å². The molecule has 0 saturated carbocycles. The molecule has 0 aliphatic carbocycles. The van der Waals surface area contributed by atoms with E-state index >= 15 is 0 Å². The van der Waals surface area contributed by atoms with Crippen molar-refractivity contribution in [1.82, 2.24) is 0 Å². The summed E-state index contributed by atoms with van der Waals surface area (Å²) in [7, 11) is 0. The average Bonchev–Trinajstić information content (AvgIpc) is 2.41. The van der Waals surface area contributed by atoms with Crippen LogP contribution in [0.25, 0.3) is 0 Å². The number of para-hydroxylation sites is 1. The second-order valence-electron chi connectivity index (χ2n) is 3.99. The molecule has 4 nitrogen and oxygen atoms in total. The molecule has 0 aliphatic rings. The van der Waals surface area contributed by atoms with E-state index in [1.54, 1.807) is 18.2 Å². The van der Waals surface area contributed by atoms with Crippen molar-refractivity contribution >= 4 is 27.3 Å². The Morgan fingerprint density at radius 2 is 1.90 bits per heavy atom. The van der Waals surface area contributed by atoms with Gasteiger partial charge >= 0.3 is 0 Å². The Balaban J connectivity index is 2.21. The van der Waals surface area contributed by atoms with Crippen LogP contribution in [0.15, 0.2) is 40.9 Å². The van der Waals surface area contributed by atoms with Crippen molar-refractivity contribution in [3.63, 3.8) is 0 Å². The summed E-state index contributed by atoms with van der Waals surface area (Å²) in [5, 5.41) is 13.6. The van der Waals surface area contributed by atoms with E-state index in [0.29, 0.717) is 5.56 Å². The highest BCUT2D eigenvalue weighted by atomic mass is 79.9.